The van der Waals surface area contributed by atoms with Crippen LogP contribution in [0, 0.1) is 0 Å². The Morgan fingerprint density at radius 1 is 0.360 bits per heavy atom. The van der Waals surface area contributed by atoms with E-state index in [9.17, 15) is 0 Å². The molecule has 0 radical (unpaired) electrons. The molecule has 0 amide bonds. The summed E-state index contributed by atoms with van der Waals surface area (Å²) in [6.45, 7) is 8.15. The van der Waals surface area contributed by atoms with Gasteiger partial charge in [-0.2, -0.15) is 0 Å². The fraction of sp³-hybridized carbons (Fsp3) is 0.143. The van der Waals surface area contributed by atoms with Gasteiger partial charge in [0, 0.05) is 34.1 Å². The lowest BCUT2D eigenvalue weighted by molar-refractivity contribution is 0.481. The first-order valence-electron chi connectivity index (χ1n) is 16.8. The maximum Gasteiger partial charge on any atom is 0.247 e. The average molecular weight is 655 g/mol. The van der Waals surface area contributed by atoms with Gasteiger partial charge in [-0.1, -0.05) is 113 Å². The number of hydrogen-bond acceptors (Lipinski definition) is 8. The van der Waals surface area contributed by atoms with Crippen LogP contribution >= 0.6 is 0 Å². The number of fused-ring (bicyclic) bond motifs is 1. The van der Waals surface area contributed by atoms with Crippen LogP contribution in [0.5, 0.6) is 0 Å². The molecule has 0 unspecified atom stereocenters. The van der Waals surface area contributed by atoms with E-state index in [0.29, 0.717) is 23.6 Å². The first-order valence-corrected chi connectivity index (χ1v) is 16.8. The number of nitrogens with zero attached hydrogens (tertiary/aromatic N) is 6. The fourth-order valence-electron chi connectivity index (χ4n) is 5.82. The maximum atomic E-state index is 5.83. The summed E-state index contributed by atoms with van der Waals surface area (Å²) in [4.78, 5) is 10.2. The SMILES string of the molecule is CC(C)c1nnc(-c2ccc(-c3ccc(-c4nc5ccccc5nc4-c4ccc(-c5ccc(-c6nnc(C(C)C)o6)cc5)cc4)cc3)cc2)o1. The van der Waals surface area contributed by atoms with Crippen LogP contribution in [0.15, 0.2) is 130 Å². The molecule has 8 aromatic rings. The van der Waals surface area contributed by atoms with Gasteiger partial charge in [-0.25, -0.2) is 9.97 Å². The Hall–Kier alpha value is -6.28. The molecule has 8 heteroatoms. The zero-order valence-corrected chi connectivity index (χ0v) is 28.2. The van der Waals surface area contributed by atoms with Crippen molar-refractivity contribution in [3.8, 4) is 67.7 Å². The second-order valence-electron chi connectivity index (χ2n) is 12.9. The summed E-state index contributed by atoms with van der Waals surface area (Å²) in [5.41, 5.74) is 11.5. The molecule has 0 N–H and O–H groups in total. The molecule has 8 nitrogen and oxygen atoms in total. The van der Waals surface area contributed by atoms with Gasteiger partial charge in [0.1, 0.15) is 0 Å². The lowest BCUT2D eigenvalue weighted by Crippen LogP contribution is -1.95. The Balaban J connectivity index is 1.07. The third-order valence-corrected chi connectivity index (χ3v) is 8.69. The summed E-state index contributed by atoms with van der Waals surface area (Å²) in [5.74, 6) is 2.72. The lowest BCUT2D eigenvalue weighted by Gasteiger charge is -2.12. The van der Waals surface area contributed by atoms with E-state index in [2.05, 4.69) is 93.2 Å². The van der Waals surface area contributed by atoms with Crippen molar-refractivity contribution < 1.29 is 8.83 Å². The zero-order valence-electron chi connectivity index (χ0n) is 28.2. The largest absolute Gasteiger partial charge is 0.420 e. The fourth-order valence-corrected chi connectivity index (χ4v) is 5.82. The van der Waals surface area contributed by atoms with Crippen LogP contribution in [0.2, 0.25) is 0 Å². The molecule has 50 heavy (non-hydrogen) atoms. The van der Waals surface area contributed by atoms with Crippen LogP contribution in [0.25, 0.3) is 78.7 Å². The molecule has 0 aliphatic rings. The summed E-state index contributed by atoms with van der Waals surface area (Å²) < 4.78 is 11.7. The highest BCUT2D eigenvalue weighted by atomic mass is 16.4. The van der Waals surface area contributed by atoms with Crippen LogP contribution in [0.4, 0.5) is 0 Å². The van der Waals surface area contributed by atoms with Crippen molar-refractivity contribution in [1.82, 2.24) is 30.4 Å². The number of rotatable bonds is 8. The zero-order chi connectivity index (χ0) is 34.2. The molecule has 0 aliphatic carbocycles. The van der Waals surface area contributed by atoms with Crippen LogP contribution in [-0.2, 0) is 0 Å². The normalized spacial score (nSPS) is 11.6. The lowest BCUT2D eigenvalue weighted by atomic mass is 9.97. The van der Waals surface area contributed by atoms with Crippen molar-refractivity contribution in [1.29, 1.82) is 0 Å². The molecule has 0 saturated carbocycles. The molecule has 0 saturated heterocycles. The van der Waals surface area contributed by atoms with E-state index in [0.717, 1.165) is 66.9 Å². The molecule has 0 spiro atoms. The molecule has 0 bridgehead atoms. The van der Waals surface area contributed by atoms with Crippen molar-refractivity contribution in [3.63, 3.8) is 0 Å². The van der Waals surface area contributed by atoms with E-state index in [4.69, 9.17) is 18.8 Å². The van der Waals surface area contributed by atoms with Gasteiger partial charge in [-0.05, 0) is 58.7 Å². The summed E-state index contributed by atoms with van der Waals surface area (Å²) in [5, 5.41) is 16.7. The summed E-state index contributed by atoms with van der Waals surface area (Å²) in [6.07, 6.45) is 0. The number of hydrogen-bond donors (Lipinski definition) is 0. The summed E-state index contributed by atoms with van der Waals surface area (Å²) in [6, 6.07) is 41.3. The Morgan fingerprint density at radius 2 is 0.660 bits per heavy atom. The first kappa shape index (κ1) is 31.0. The van der Waals surface area contributed by atoms with Gasteiger partial charge >= 0.3 is 0 Å². The van der Waals surface area contributed by atoms with Crippen LogP contribution in [-0.4, -0.2) is 30.4 Å². The van der Waals surface area contributed by atoms with Gasteiger partial charge < -0.3 is 8.83 Å². The Morgan fingerprint density at radius 3 is 0.960 bits per heavy atom. The van der Waals surface area contributed by atoms with Crippen molar-refractivity contribution in [3.05, 3.63) is 133 Å². The average Bonchev–Trinajstić information content (AvgIpc) is 3.87. The van der Waals surface area contributed by atoms with Gasteiger partial charge in [-0.15, -0.1) is 20.4 Å². The predicted molar refractivity (Wildman–Crippen MR) is 196 cm³/mol. The van der Waals surface area contributed by atoms with Gasteiger partial charge in [0.2, 0.25) is 23.6 Å². The number of para-hydroxylation sites is 2. The van der Waals surface area contributed by atoms with Crippen molar-refractivity contribution in [2.24, 2.45) is 0 Å². The Kier molecular flexibility index (Phi) is 8.04. The molecule has 0 atom stereocenters. The molecular formula is C42H34N6O2. The predicted octanol–water partition coefficient (Wildman–Crippen LogP) is 10.6. The highest BCUT2D eigenvalue weighted by Crippen LogP contribution is 2.34. The Bertz CT molecular complexity index is 2240. The summed E-state index contributed by atoms with van der Waals surface area (Å²) in [7, 11) is 0. The molecule has 5 aromatic carbocycles. The monoisotopic (exact) mass is 654 g/mol. The van der Waals surface area contributed by atoms with E-state index in [-0.39, 0.29) is 11.8 Å². The van der Waals surface area contributed by atoms with Crippen LogP contribution in [0.3, 0.4) is 0 Å². The summed E-state index contributed by atoms with van der Waals surface area (Å²) >= 11 is 0. The Labute approximate surface area is 289 Å². The smallest absolute Gasteiger partial charge is 0.247 e. The second kappa shape index (κ2) is 13.0. The maximum absolute atomic E-state index is 5.83. The van der Waals surface area contributed by atoms with Gasteiger partial charge in [0.05, 0.1) is 22.4 Å². The van der Waals surface area contributed by atoms with Gasteiger partial charge in [0.25, 0.3) is 0 Å². The molecule has 3 aromatic heterocycles. The molecule has 3 heterocycles. The van der Waals surface area contributed by atoms with E-state index in [1.807, 2.05) is 76.2 Å². The van der Waals surface area contributed by atoms with Crippen LogP contribution < -0.4 is 0 Å². The van der Waals surface area contributed by atoms with Crippen molar-refractivity contribution in [2.45, 2.75) is 39.5 Å². The minimum Gasteiger partial charge on any atom is -0.420 e. The number of benzene rings is 5. The van der Waals surface area contributed by atoms with Crippen molar-refractivity contribution >= 4 is 11.0 Å². The van der Waals surface area contributed by atoms with E-state index < -0.39 is 0 Å². The minimum absolute atomic E-state index is 0.188. The molecular weight excluding hydrogens is 621 g/mol. The quantitative estimate of drug-likeness (QED) is 0.159. The molecule has 244 valence electrons. The van der Waals surface area contributed by atoms with Gasteiger partial charge in [-0.3, -0.25) is 0 Å². The van der Waals surface area contributed by atoms with E-state index >= 15 is 0 Å². The van der Waals surface area contributed by atoms with E-state index in [1.165, 1.54) is 0 Å². The standard InChI is InChI=1S/C42H34N6O2/c1-25(2)39-45-47-41(49-39)33-21-13-29(14-22-33)27-9-17-31(18-10-27)37-38(44-36-8-6-5-7-35(36)43-37)32-19-11-28(12-20-32)30-15-23-34(24-16-30)42-48-46-40(50-42)26(3)4/h5-26H,1-4H3. The number of aromatic nitrogens is 6. The minimum atomic E-state index is 0.188. The third-order valence-electron chi connectivity index (χ3n) is 8.69. The molecule has 0 aliphatic heterocycles. The van der Waals surface area contributed by atoms with Crippen molar-refractivity contribution in [2.75, 3.05) is 0 Å². The van der Waals surface area contributed by atoms with Crippen LogP contribution in [0.1, 0.15) is 51.3 Å². The third kappa shape index (κ3) is 6.07. The van der Waals surface area contributed by atoms with Gasteiger partial charge in [0.15, 0.2) is 0 Å². The first-order chi connectivity index (χ1) is 24.4. The molecule has 0 fully saturated rings. The topological polar surface area (TPSA) is 104 Å². The second-order valence-corrected chi connectivity index (χ2v) is 12.9. The highest BCUT2D eigenvalue weighted by molar-refractivity contribution is 5.87. The highest BCUT2D eigenvalue weighted by Gasteiger charge is 2.16. The van der Waals surface area contributed by atoms with E-state index in [1.54, 1.807) is 0 Å². The molecule has 8 rings (SSSR count).